The van der Waals surface area contributed by atoms with Crippen LogP contribution in [0.5, 0.6) is 5.75 Å². The van der Waals surface area contributed by atoms with E-state index in [4.69, 9.17) is 16.3 Å². The van der Waals surface area contributed by atoms with Gasteiger partial charge in [0.1, 0.15) is 18.3 Å². The molecule has 2 aromatic rings. The molecule has 0 spiro atoms. The fourth-order valence-corrected chi connectivity index (χ4v) is 3.83. The smallest absolute Gasteiger partial charge is 0.251 e. The zero-order valence-electron chi connectivity index (χ0n) is 15.8. The molecule has 4 rings (SSSR count). The second-order valence-electron chi connectivity index (χ2n) is 6.91. The van der Waals surface area contributed by atoms with Gasteiger partial charge in [0.25, 0.3) is 5.91 Å². The van der Waals surface area contributed by atoms with E-state index in [0.717, 1.165) is 5.56 Å². The van der Waals surface area contributed by atoms with E-state index in [-0.39, 0.29) is 30.4 Å². The third-order valence-electron chi connectivity index (χ3n) is 5.03. The van der Waals surface area contributed by atoms with E-state index in [9.17, 15) is 9.59 Å². The molecule has 2 atom stereocenters. The van der Waals surface area contributed by atoms with Crippen molar-refractivity contribution in [1.82, 2.24) is 15.3 Å². The van der Waals surface area contributed by atoms with Crippen LogP contribution in [0.4, 0.5) is 5.69 Å². The first-order valence-corrected chi connectivity index (χ1v) is 9.64. The Morgan fingerprint density at radius 3 is 2.76 bits per heavy atom. The standard InChI is InChI=1S/C21H21ClN4O3/c1-29-19-8-7-15(11-16(19)22)23-20(27)13-25-9-10-26-18(21(25)28)12-17(24-26)14-5-3-2-4-6-14/h2-11,17-18,24H,12-13H2,1H3,(H,23,27). The van der Waals surface area contributed by atoms with Gasteiger partial charge in [0, 0.05) is 18.1 Å². The van der Waals surface area contributed by atoms with Crippen LogP contribution in [0.25, 0.3) is 0 Å². The number of hydrogen-bond donors (Lipinski definition) is 2. The molecule has 0 bridgehead atoms. The molecule has 2 aliphatic heterocycles. The summed E-state index contributed by atoms with van der Waals surface area (Å²) >= 11 is 6.09. The number of benzene rings is 2. The van der Waals surface area contributed by atoms with Gasteiger partial charge in [0.15, 0.2) is 0 Å². The summed E-state index contributed by atoms with van der Waals surface area (Å²) in [6.45, 7) is -0.0701. The summed E-state index contributed by atoms with van der Waals surface area (Å²) in [5, 5.41) is 4.98. The summed E-state index contributed by atoms with van der Waals surface area (Å²) in [7, 11) is 1.53. The van der Waals surface area contributed by atoms with Gasteiger partial charge in [0.2, 0.25) is 5.91 Å². The second-order valence-corrected chi connectivity index (χ2v) is 7.32. The van der Waals surface area contributed by atoms with Crippen LogP contribution in [-0.4, -0.2) is 41.4 Å². The van der Waals surface area contributed by atoms with Gasteiger partial charge < -0.3 is 20.0 Å². The van der Waals surface area contributed by atoms with Gasteiger partial charge >= 0.3 is 0 Å². The number of nitrogens with one attached hydrogen (secondary N) is 2. The molecule has 2 amide bonds. The molecule has 0 aromatic heterocycles. The zero-order valence-corrected chi connectivity index (χ0v) is 16.6. The summed E-state index contributed by atoms with van der Waals surface area (Å²) < 4.78 is 5.10. The number of methoxy groups -OCH3 is 1. The molecular formula is C21H21ClN4O3. The molecule has 1 saturated heterocycles. The van der Waals surface area contributed by atoms with Gasteiger partial charge in [-0.25, -0.2) is 5.43 Å². The molecule has 0 aliphatic carbocycles. The number of amides is 2. The quantitative estimate of drug-likeness (QED) is 0.789. The first-order chi connectivity index (χ1) is 14.0. The molecule has 150 valence electrons. The van der Waals surface area contributed by atoms with Crippen LogP contribution in [0.3, 0.4) is 0 Å². The van der Waals surface area contributed by atoms with Gasteiger partial charge in [-0.2, -0.15) is 0 Å². The normalized spacial score (nSPS) is 20.6. The number of anilines is 1. The largest absolute Gasteiger partial charge is 0.495 e. The van der Waals surface area contributed by atoms with E-state index in [1.165, 1.54) is 12.0 Å². The number of fused-ring (bicyclic) bond motifs is 1. The molecule has 2 aliphatic rings. The Labute approximate surface area is 173 Å². The number of carbonyl (C=O) groups is 2. The predicted octanol–water partition coefficient (Wildman–Crippen LogP) is 2.92. The lowest BCUT2D eigenvalue weighted by molar-refractivity contribution is -0.137. The van der Waals surface area contributed by atoms with E-state index >= 15 is 0 Å². The molecule has 2 unspecified atom stereocenters. The van der Waals surface area contributed by atoms with Gasteiger partial charge in [-0.15, -0.1) is 0 Å². The Bertz CT molecular complexity index is 950. The summed E-state index contributed by atoms with van der Waals surface area (Å²) in [4.78, 5) is 26.8. The lowest BCUT2D eigenvalue weighted by atomic mass is 10.0. The van der Waals surface area contributed by atoms with Crippen molar-refractivity contribution < 1.29 is 14.3 Å². The number of hydrogen-bond acceptors (Lipinski definition) is 5. The van der Waals surface area contributed by atoms with Crippen molar-refractivity contribution in [3.8, 4) is 5.75 Å². The fourth-order valence-electron chi connectivity index (χ4n) is 3.57. The van der Waals surface area contributed by atoms with Crippen molar-refractivity contribution in [1.29, 1.82) is 0 Å². The van der Waals surface area contributed by atoms with E-state index in [1.54, 1.807) is 30.6 Å². The molecule has 1 fully saturated rings. The Balaban J connectivity index is 1.38. The summed E-state index contributed by atoms with van der Waals surface area (Å²) in [6.07, 6.45) is 4.06. The van der Waals surface area contributed by atoms with E-state index in [1.807, 2.05) is 35.3 Å². The summed E-state index contributed by atoms with van der Waals surface area (Å²) in [5.41, 5.74) is 5.01. The molecule has 29 heavy (non-hydrogen) atoms. The van der Waals surface area contributed by atoms with Crippen LogP contribution >= 0.6 is 11.6 Å². The minimum atomic E-state index is -0.339. The number of rotatable bonds is 5. The maximum atomic E-state index is 12.9. The fraction of sp³-hybridized carbons (Fsp3) is 0.238. The predicted molar refractivity (Wildman–Crippen MR) is 110 cm³/mol. The topological polar surface area (TPSA) is 73.9 Å². The van der Waals surface area contributed by atoms with Crippen LogP contribution in [0.2, 0.25) is 5.02 Å². The summed E-state index contributed by atoms with van der Waals surface area (Å²) in [5.74, 6) is 0.116. The molecule has 7 nitrogen and oxygen atoms in total. The lowest BCUT2D eigenvalue weighted by Crippen LogP contribution is -2.49. The zero-order chi connectivity index (χ0) is 20.4. The molecule has 8 heteroatoms. The Morgan fingerprint density at radius 2 is 2.03 bits per heavy atom. The minimum absolute atomic E-state index is 0.0602. The lowest BCUT2D eigenvalue weighted by Gasteiger charge is -2.31. The van der Waals surface area contributed by atoms with E-state index < -0.39 is 0 Å². The third-order valence-corrected chi connectivity index (χ3v) is 5.32. The van der Waals surface area contributed by atoms with E-state index in [0.29, 0.717) is 22.9 Å². The SMILES string of the molecule is COc1ccc(NC(=O)CN2C=CN3NC(c4ccccc4)CC3C2=O)cc1Cl. The Hall–Kier alpha value is -3.03. The van der Waals surface area contributed by atoms with Crippen molar-refractivity contribution in [3.63, 3.8) is 0 Å². The Kier molecular flexibility index (Phi) is 5.42. The van der Waals surface area contributed by atoms with Crippen LogP contribution in [0, 0.1) is 0 Å². The van der Waals surface area contributed by atoms with Gasteiger partial charge in [-0.1, -0.05) is 41.9 Å². The summed E-state index contributed by atoms with van der Waals surface area (Å²) in [6, 6.07) is 14.7. The highest BCUT2D eigenvalue weighted by molar-refractivity contribution is 6.32. The third kappa shape index (κ3) is 4.06. The highest BCUT2D eigenvalue weighted by Crippen LogP contribution is 2.31. The van der Waals surface area contributed by atoms with Crippen molar-refractivity contribution in [3.05, 3.63) is 71.5 Å². The van der Waals surface area contributed by atoms with Crippen LogP contribution in [0.1, 0.15) is 18.0 Å². The van der Waals surface area contributed by atoms with Gasteiger partial charge in [-0.05, 0) is 30.2 Å². The molecular weight excluding hydrogens is 392 g/mol. The highest BCUT2D eigenvalue weighted by Gasteiger charge is 2.40. The second kappa shape index (κ2) is 8.14. The van der Waals surface area contributed by atoms with Crippen LogP contribution in [0.15, 0.2) is 60.9 Å². The minimum Gasteiger partial charge on any atom is -0.495 e. The van der Waals surface area contributed by atoms with Crippen molar-refractivity contribution in [2.75, 3.05) is 19.0 Å². The maximum absolute atomic E-state index is 12.9. The molecule has 0 saturated carbocycles. The average molecular weight is 413 g/mol. The van der Waals surface area contributed by atoms with Crippen LogP contribution < -0.4 is 15.5 Å². The number of halogens is 1. The number of nitrogens with zero attached hydrogens (tertiary/aromatic N) is 2. The molecule has 2 N–H and O–H groups in total. The molecule has 2 heterocycles. The van der Waals surface area contributed by atoms with Crippen LogP contribution in [-0.2, 0) is 9.59 Å². The molecule has 0 radical (unpaired) electrons. The average Bonchev–Trinajstić information content (AvgIpc) is 3.16. The first-order valence-electron chi connectivity index (χ1n) is 9.27. The number of hydrazine groups is 1. The van der Waals surface area contributed by atoms with Gasteiger partial charge in [0.05, 0.1) is 18.2 Å². The van der Waals surface area contributed by atoms with Crippen molar-refractivity contribution in [2.45, 2.75) is 18.5 Å². The van der Waals surface area contributed by atoms with Gasteiger partial charge in [-0.3, -0.25) is 9.59 Å². The Morgan fingerprint density at radius 1 is 1.24 bits per heavy atom. The highest BCUT2D eigenvalue weighted by atomic mass is 35.5. The first kappa shape index (κ1) is 19.3. The monoisotopic (exact) mass is 412 g/mol. The van der Waals surface area contributed by atoms with Crippen molar-refractivity contribution >= 4 is 29.1 Å². The van der Waals surface area contributed by atoms with E-state index in [2.05, 4.69) is 10.7 Å². The number of carbonyl (C=O) groups excluding carboxylic acids is 2. The number of ether oxygens (including phenoxy) is 1. The maximum Gasteiger partial charge on any atom is 0.251 e. The van der Waals surface area contributed by atoms with Crippen molar-refractivity contribution in [2.24, 2.45) is 0 Å². The molecule has 2 aromatic carbocycles.